The average Bonchev–Trinajstić information content (AvgIpc) is 3.08. The summed E-state index contributed by atoms with van der Waals surface area (Å²) in [6, 6.07) is 5.46. The summed E-state index contributed by atoms with van der Waals surface area (Å²) in [7, 11) is 0. The van der Waals surface area contributed by atoms with Gasteiger partial charge in [-0.25, -0.2) is 0 Å². The lowest BCUT2D eigenvalue weighted by molar-refractivity contribution is -0.136. The van der Waals surface area contributed by atoms with Crippen molar-refractivity contribution in [3.05, 3.63) is 34.9 Å². The minimum atomic E-state index is -0.562. The molecule has 3 aliphatic rings. The smallest absolute Gasteiger partial charge is 0.255 e. The summed E-state index contributed by atoms with van der Waals surface area (Å²) >= 11 is 0. The Hall–Kier alpha value is -2.25. The number of imide groups is 1. The molecule has 4 rings (SSSR count). The highest BCUT2D eigenvalue weighted by Crippen LogP contribution is 2.29. The van der Waals surface area contributed by atoms with Gasteiger partial charge in [-0.1, -0.05) is 12.1 Å². The highest BCUT2D eigenvalue weighted by molar-refractivity contribution is 6.05. The van der Waals surface area contributed by atoms with Crippen molar-refractivity contribution in [2.45, 2.75) is 77.0 Å². The number of carbonyl (C=O) groups excluding carboxylic acids is 3. The van der Waals surface area contributed by atoms with Gasteiger partial charge in [0, 0.05) is 30.6 Å². The molecule has 0 aromatic heterocycles. The molecule has 1 atom stereocenters. The van der Waals surface area contributed by atoms with E-state index in [-0.39, 0.29) is 29.7 Å². The summed E-state index contributed by atoms with van der Waals surface area (Å²) in [4.78, 5) is 38.2. The van der Waals surface area contributed by atoms with Crippen molar-refractivity contribution in [3.8, 4) is 0 Å². The quantitative estimate of drug-likeness (QED) is 0.581. The van der Waals surface area contributed by atoms with Gasteiger partial charge >= 0.3 is 0 Å². The Kier molecular flexibility index (Phi) is 6.44. The molecule has 0 bridgehead atoms. The van der Waals surface area contributed by atoms with E-state index in [1.54, 1.807) is 4.90 Å². The molecule has 3 aliphatic heterocycles. The minimum Gasteiger partial charge on any atom is -0.322 e. The molecule has 1 aromatic carbocycles. The van der Waals surface area contributed by atoms with Crippen LogP contribution < -0.4 is 16.0 Å². The molecule has 7 heteroatoms. The molecular weight excluding hydrogens is 392 g/mol. The van der Waals surface area contributed by atoms with Crippen LogP contribution in [0.5, 0.6) is 0 Å². The fraction of sp³-hybridized carbons (Fsp3) is 0.625. The molecule has 0 aliphatic carbocycles. The van der Waals surface area contributed by atoms with E-state index in [0.29, 0.717) is 25.1 Å². The van der Waals surface area contributed by atoms with Crippen LogP contribution >= 0.6 is 0 Å². The predicted octanol–water partition coefficient (Wildman–Crippen LogP) is 2.10. The Morgan fingerprint density at radius 3 is 2.65 bits per heavy atom. The SMILES string of the molecule is CC(C)(CCC1CCNCC1)NCc1ccc2c(c1)C(=O)N(C1CCC(=O)NC1=O)C2. The second-order valence-electron chi connectivity index (χ2n) is 9.86. The highest BCUT2D eigenvalue weighted by atomic mass is 16.2. The molecule has 3 amide bonds. The van der Waals surface area contributed by atoms with Crippen LogP contribution in [0.25, 0.3) is 0 Å². The number of amides is 3. The number of hydrogen-bond acceptors (Lipinski definition) is 5. The van der Waals surface area contributed by atoms with Crippen molar-refractivity contribution in [3.63, 3.8) is 0 Å². The molecule has 3 N–H and O–H groups in total. The van der Waals surface area contributed by atoms with Crippen molar-refractivity contribution < 1.29 is 14.4 Å². The monoisotopic (exact) mass is 426 g/mol. The molecule has 0 saturated carbocycles. The molecule has 2 saturated heterocycles. The molecular formula is C24H34N4O3. The number of benzene rings is 1. The maximum atomic E-state index is 13.0. The Labute approximate surface area is 184 Å². The number of nitrogens with one attached hydrogen (secondary N) is 3. The van der Waals surface area contributed by atoms with Gasteiger partial charge in [0.25, 0.3) is 5.91 Å². The lowest BCUT2D eigenvalue weighted by Crippen LogP contribution is -2.52. The third kappa shape index (κ3) is 5.15. The fourth-order valence-electron chi connectivity index (χ4n) is 4.88. The standard InChI is InChI=1S/C24H34N4O3/c1-24(2,10-7-16-8-11-25-12-9-16)26-14-17-3-4-18-15-28(23(31)19(18)13-17)20-5-6-21(29)27-22(20)30/h3-4,13,16,20,25-26H,5-12,14-15H2,1-2H3,(H,27,29,30). The van der Waals surface area contributed by atoms with E-state index in [9.17, 15) is 14.4 Å². The summed E-state index contributed by atoms with van der Waals surface area (Å²) < 4.78 is 0. The van der Waals surface area contributed by atoms with Gasteiger partial charge in [-0.2, -0.15) is 0 Å². The van der Waals surface area contributed by atoms with Crippen LogP contribution in [-0.4, -0.2) is 47.3 Å². The lowest BCUT2D eigenvalue weighted by atomic mass is 9.87. The van der Waals surface area contributed by atoms with E-state index >= 15 is 0 Å². The van der Waals surface area contributed by atoms with Gasteiger partial charge in [-0.05, 0) is 82.2 Å². The van der Waals surface area contributed by atoms with Crippen LogP contribution in [0.4, 0.5) is 0 Å². The molecule has 31 heavy (non-hydrogen) atoms. The van der Waals surface area contributed by atoms with Crippen molar-refractivity contribution in [1.82, 2.24) is 20.9 Å². The molecule has 168 valence electrons. The Balaban J connectivity index is 1.34. The Morgan fingerprint density at radius 1 is 1.13 bits per heavy atom. The molecule has 1 unspecified atom stereocenters. The van der Waals surface area contributed by atoms with Gasteiger partial charge in [0.05, 0.1) is 0 Å². The van der Waals surface area contributed by atoms with Crippen LogP contribution in [0.15, 0.2) is 18.2 Å². The van der Waals surface area contributed by atoms with E-state index < -0.39 is 6.04 Å². The van der Waals surface area contributed by atoms with Crippen LogP contribution in [-0.2, 0) is 22.7 Å². The van der Waals surface area contributed by atoms with E-state index in [0.717, 1.165) is 36.6 Å². The number of piperidine rings is 2. The number of rotatable bonds is 7. The zero-order chi connectivity index (χ0) is 22.0. The van der Waals surface area contributed by atoms with Crippen LogP contribution in [0.3, 0.4) is 0 Å². The summed E-state index contributed by atoms with van der Waals surface area (Å²) in [5.74, 6) is 0.0751. The summed E-state index contributed by atoms with van der Waals surface area (Å²) in [6.45, 7) is 7.90. The van der Waals surface area contributed by atoms with Crippen molar-refractivity contribution >= 4 is 17.7 Å². The maximum Gasteiger partial charge on any atom is 0.255 e. The fourth-order valence-corrected chi connectivity index (χ4v) is 4.88. The van der Waals surface area contributed by atoms with Gasteiger partial charge in [0.15, 0.2) is 0 Å². The van der Waals surface area contributed by atoms with Gasteiger partial charge in [-0.15, -0.1) is 0 Å². The third-order valence-corrected chi connectivity index (χ3v) is 7.00. The van der Waals surface area contributed by atoms with Crippen LogP contribution in [0, 0.1) is 5.92 Å². The maximum absolute atomic E-state index is 13.0. The first-order valence-electron chi connectivity index (χ1n) is 11.5. The second-order valence-corrected chi connectivity index (χ2v) is 9.86. The average molecular weight is 427 g/mol. The van der Waals surface area contributed by atoms with E-state index in [1.165, 1.54) is 19.3 Å². The molecule has 0 spiro atoms. The molecule has 1 aromatic rings. The van der Waals surface area contributed by atoms with Gasteiger partial charge in [-0.3, -0.25) is 19.7 Å². The normalized spacial score (nSPS) is 22.6. The van der Waals surface area contributed by atoms with E-state index in [4.69, 9.17) is 0 Å². The van der Waals surface area contributed by atoms with Crippen molar-refractivity contribution in [2.24, 2.45) is 5.92 Å². The number of fused-ring (bicyclic) bond motifs is 1. The largest absolute Gasteiger partial charge is 0.322 e. The number of carbonyl (C=O) groups is 3. The topological polar surface area (TPSA) is 90.5 Å². The van der Waals surface area contributed by atoms with Gasteiger partial charge in [0.2, 0.25) is 11.8 Å². The van der Waals surface area contributed by atoms with Crippen LogP contribution in [0.2, 0.25) is 0 Å². The Morgan fingerprint density at radius 2 is 1.90 bits per heavy atom. The zero-order valence-electron chi connectivity index (χ0n) is 18.6. The van der Waals surface area contributed by atoms with Crippen LogP contribution in [0.1, 0.15) is 73.9 Å². The lowest BCUT2D eigenvalue weighted by Gasteiger charge is -2.30. The molecule has 0 radical (unpaired) electrons. The van der Waals surface area contributed by atoms with Gasteiger partial charge < -0.3 is 15.5 Å². The number of hydrogen-bond donors (Lipinski definition) is 3. The zero-order valence-corrected chi connectivity index (χ0v) is 18.6. The van der Waals surface area contributed by atoms with Gasteiger partial charge in [0.1, 0.15) is 6.04 Å². The predicted molar refractivity (Wildman–Crippen MR) is 118 cm³/mol. The summed E-state index contributed by atoms with van der Waals surface area (Å²) in [5, 5.41) is 9.44. The first-order chi connectivity index (χ1) is 14.8. The highest BCUT2D eigenvalue weighted by Gasteiger charge is 2.39. The third-order valence-electron chi connectivity index (χ3n) is 7.00. The van der Waals surface area contributed by atoms with Crippen molar-refractivity contribution in [1.29, 1.82) is 0 Å². The Bertz CT molecular complexity index is 860. The summed E-state index contributed by atoms with van der Waals surface area (Å²) in [5.41, 5.74) is 2.74. The molecule has 2 fully saturated rings. The molecule has 3 heterocycles. The minimum absolute atomic E-state index is 0.0344. The first kappa shape index (κ1) is 22.0. The first-order valence-corrected chi connectivity index (χ1v) is 11.5. The van der Waals surface area contributed by atoms with Crippen molar-refractivity contribution in [2.75, 3.05) is 13.1 Å². The second kappa shape index (κ2) is 9.09. The summed E-state index contributed by atoms with van der Waals surface area (Å²) in [6.07, 6.45) is 5.58. The number of nitrogens with zero attached hydrogens (tertiary/aromatic N) is 1. The van der Waals surface area contributed by atoms with E-state index in [2.05, 4.69) is 35.9 Å². The van der Waals surface area contributed by atoms with E-state index in [1.807, 2.05) is 12.1 Å². The molecule has 7 nitrogen and oxygen atoms in total.